The maximum Gasteiger partial charge on any atom is 0.310 e. The van der Waals surface area contributed by atoms with Gasteiger partial charge in [0.15, 0.2) is 10.9 Å². The molecule has 4 fully saturated rings. The van der Waals surface area contributed by atoms with Crippen molar-refractivity contribution in [1.82, 2.24) is 21.3 Å². The Bertz CT molecular complexity index is 1320. The van der Waals surface area contributed by atoms with Crippen LogP contribution in [-0.4, -0.2) is 92.3 Å². The van der Waals surface area contributed by atoms with Crippen LogP contribution in [-0.2, 0) is 38.1 Å². The van der Waals surface area contributed by atoms with Gasteiger partial charge in [0.05, 0.1) is 23.7 Å². The standard InChI is InChI=1S/C44H78N4O8S/c1-37(2)17-27(18-38(3,4)45-37)33(49)53-25-31(55-35(51)29-21-41(9,10)47-42(11,12)22-29)57-32(56-36(52)30-23-43(13,14)48-44(15,16)24-30)26-54-34(50)28-19-39(5,6)46-40(7,8)20-28/h27-32,45-48H,17-26H2,1-16H3. The number of nitrogens with one attached hydrogen (secondary N) is 4. The molecular formula is C44H78N4O8S. The lowest BCUT2D eigenvalue weighted by Crippen LogP contribution is -2.59. The average molecular weight is 823 g/mol. The lowest BCUT2D eigenvalue weighted by Gasteiger charge is -2.46. The SMILES string of the molecule is CC1(C)CC(C(=O)OCC(OC(=O)C2CC(C)(C)NC(C)(C)C2)SC(COC(=O)C2CC(C)(C)NC(C)(C)C2)OC(=O)C2CC(C)(C)NC(C)(C)C2)CC(C)(C)N1. The normalized spacial score (nSPS) is 27.6. The minimum atomic E-state index is -1.03. The third-order valence-corrected chi connectivity index (χ3v) is 12.7. The first kappa shape index (κ1) is 47.7. The molecule has 0 saturated carbocycles. The molecule has 328 valence electrons. The van der Waals surface area contributed by atoms with E-state index in [1.165, 1.54) is 0 Å². The first-order valence-electron chi connectivity index (χ1n) is 21.2. The summed E-state index contributed by atoms with van der Waals surface area (Å²) < 4.78 is 24.5. The molecule has 12 nitrogen and oxygen atoms in total. The fraction of sp³-hybridized carbons (Fsp3) is 0.909. The van der Waals surface area contributed by atoms with Crippen LogP contribution in [0.2, 0.25) is 0 Å². The second kappa shape index (κ2) is 16.8. The van der Waals surface area contributed by atoms with Crippen molar-refractivity contribution in [2.45, 2.75) is 217 Å². The van der Waals surface area contributed by atoms with Crippen molar-refractivity contribution >= 4 is 35.6 Å². The molecule has 13 heteroatoms. The molecule has 0 aromatic rings. The van der Waals surface area contributed by atoms with Crippen LogP contribution in [0.1, 0.15) is 162 Å². The number of hydrogen-bond donors (Lipinski definition) is 4. The van der Waals surface area contributed by atoms with Crippen LogP contribution in [0.4, 0.5) is 0 Å². The molecule has 4 heterocycles. The van der Waals surface area contributed by atoms with Gasteiger partial charge in [-0.25, -0.2) is 0 Å². The van der Waals surface area contributed by atoms with Crippen molar-refractivity contribution in [1.29, 1.82) is 0 Å². The molecule has 2 unspecified atom stereocenters. The van der Waals surface area contributed by atoms with Gasteiger partial charge in [0, 0.05) is 44.3 Å². The summed E-state index contributed by atoms with van der Waals surface area (Å²) in [4.78, 5) is 55.6. The zero-order valence-corrected chi connectivity index (χ0v) is 39.0. The minimum absolute atomic E-state index is 0.246. The van der Waals surface area contributed by atoms with Gasteiger partial charge in [-0.05, 0) is 162 Å². The van der Waals surface area contributed by atoms with Gasteiger partial charge >= 0.3 is 23.9 Å². The third kappa shape index (κ3) is 14.6. The van der Waals surface area contributed by atoms with E-state index in [9.17, 15) is 19.2 Å². The van der Waals surface area contributed by atoms with Crippen LogP contribution >= 0.6 is 11.8 Å². The molecule has 0 bridgehead atoms. The molecule has 0 aliphatic carbocycles. The fourth-order valence-corrected chi connectivity index (χ4v) is 12.2. The number of hydrogen-bond acceptors (Lipinski definition) is 13. The molecule has 0 radical (unpaired) electrons. The highest BCUT2D eigenvalue weighted by molar-refractivity contribution is 8.00. The van der Waals surface area contributed by atoms with E-state index in [0.29, 0.717) is 51.4 Å². The van der Waals surface area contributed by atoms with Crippen molar-refractivity contribution in [3.8, 4) is 0 Å². The predicted octanol–water partition coefficient (Wildman–Crippen LogP) is 6.77. The largest absolute Gasteiger partial charge is 0.461 e. The van der Waals surface area contributed by atoms with E-state index in [0.717, 1.165) is 11.8 Å². The van der Waals surface area contributed by atoms with E-state index in [1.807, 2.05) is 0 Å². The van der Waals surface area contributed by atoms with Crippen molar-refractivity contribution in [3.63, 3.8) is 0 Å². The van der Waals surface area contributed by atoms with Crippen molar-refractivity contribution in [2.24, 2.45) is 23.7 Å². The summed E-state index contributed by atoms with van der Waals surface area (Å²) in [7, 11) is 0. The highest BCUT2D eigenvalue weighted by Crippen LogP contribution is 2.39. The number of esters is 4. The van der Waals surface area contributed by atoms with Crippen LogP contribution in [0, 0.1) is 23.7 Å². The van der Waals surface area contributed by atoms with Gasteiger partial charge < -0.3 is 40.2 Å². The van der Waals surface area contributed by atoms with Gasteiger partial charge in [-0.2, -0.15) is 0 Å². The Labute approximate surface area is 348 Å². The Morgan fingerprint density at radius 1 is 0.404 bits per heavy atom. The minimum Gasteiger partial charge on any atom is -0.461 e. The second-order valence-electron chi connectivity index (χ2n) is 23.1. The van der Waals surface area contributed by atoms with Gasteiger partial charge in [0.25, 0.3) is 0 Å². The van der Waals surface area contributed by atoms with Crippen LogP contribution in [0.15, 0.2) is 0 Å². The summed E-state index contributed by atoms with van der Waals surface area (Å²) in [5, 5.41) is 14.5. The third-order valence-electron chi connectivity index (χ3n) is 11.6. The topological polar surface area (TPSA) is 153 Å². The van der Waals surface area contributed by atoms with Gasteiger partial charge in [-0.15, -0.1) is 0 Å². The van der Waals surface area contributed by atoms with Crippen LogP contribution in [0.25, 0.3) is 0 Å². The first-order valence-corrected chi connectivity index (χ1v) is 22.2. The molecule has 57 heavy (non-hydrogen) atoms. The lowest BCUT2D eigenvalue weighted by atomic mass is 9.76. The summed E-state index contributed by atoms with van der Waals surface area (Å²) in [5.74, 6) is -3.07. The zero-order valence-electron chi connectivity index (χ0n) is 38.2. The Morgan fingerprint density at radius 2 is 0.596 bits per heavy atom. The van der Waals surface area contributed by atoms with Crippen molar-refractivity contribution in [2.75, 3.05) is 13.2 Å². The van der Waals surface area contributed by atoms with Gasteiger partial charge in [-0.1, -0.05) is 11.8 Å². The molecular weight excluding hydrogens is 745 g/mol. The highest BCUT2D eigenvalue weighted by atomic mass is 32.2. The Balaban J connectivity index is 1.60. The van der Waals surface area contributed by atoms with E-state index < -0.39 is 34.6 Å². The van der Waals surface area contributed by atoms with Crippen LogP contribution in [0.3, 0.4) is 0 Å². The number of ether oxygens (including phenoxy) is 4. The maximum absolute atomic E-state index is 14.1. The van der Waals surface area contributed by atoms with Gasteiger partial charge in [0.2, 0.25) is 0 Å². The molecule has 0 aromatic carbocycles. The van der Waals surface area contributed by atoms with Crippen LogP contribution < -0.4 is 21.3 Å². The molecule has 4 aliphatic heterocycles. The smallest absolute Gasteiger partial charge is 0.310 e. The van der Waals surface area contributed by atoms with Crippen molar-refractivity contribution < 1.29 is 38.1 Å². The molecule has 0 aromatic heterocycles. The molecule has 4 saturated heterocycles. The van der Waals surface area contributed by atoms with E-state index >= 15 is 0 Å². The van der Waals surface area contributed by atoms with Gasteiger partial charge in [0.1, 0.15) is 13.2 Å². The lowest BCUT2D eigenvalue weighted by molar-refractivity contribution is -0.164. The van der Waals surface area contributed by atoms with E-state index in [-0.39, 0.29) is 81.3 Å². The number of thioether (sulfide) groups is 1. The first-order chi connectivity index (χ1) is 25.6. The molecule has 4 rings (SSSR count). The summed E-state index contributed by atoms with van der Waals surface area (Å²) in [6.45, 7) is 32.7. The number of carbonyl (C=O) groups excluding carboxylic acids is 4. The fourth-order valence-electron chi connectivity index (χ4n) is 11.3. The Morgan fingerprint density at radius 3 is 0.807 bits per heavy atom. The summed E-state index contributed by atoms with van der Waals surface area (Å²) in [6, 6.07) is 0. The van der Waals surface area contributed by atoms with Crippen LogP contribution in [0.5, 0.6) is 0 Å². The predicted molar refractivity (Wildman–Crippen MR) is 225 cm³/mol. The second-order valence-corrected chi connectivity index (χ2v) is 24.4. The number of carbonyl (C=O) groups is 4. The molecule has 0 spiro atoms. The number of rotatable bonds is 12. The Hall–Kier alpha value is -1.93. The molecule has 2 atom stereocenters. The van der Waals surface area contributed by atoms with Gasteiger partial charge in [-0.3, -0.25) is 19.2 Å². The van der Waals surface area contributed by atoms with Crippen molar-refractivity contribution in [3.05, 3.63) is 0 Å². The van der Waals surface area contributed by atoms with E-state index in [4.69, 9.17) is 18.9 Å². The highest BCUT2D eigenvalue weighted by Gasteiger charge is 2.46. The molecule has 0 amide bonds. The maximum atomic E-state index is 14.1. The Kier molecular flexibility index (Phi) is 14.1. The average Bonchev–Trinajstić information content (AvgIpc) is 2.95. The zero-order chi connectivity index (χ0) is 43.2. The quantitative estimate of drug-likeness (QED) is 0.0932. The monoisotopic (exact) mass is 823 g/mol. The molecule has 4 aliphatic rings. The summed E-state index contributed by atoms with van der Waals surface area (Å²) >= 11 is 1.05. The van der Waals surface area contributed by atoms with E-state index in [1.54, 1.807) is 0 Å². The summed E-state index contributed by atoms with van der Waals surface area (Å²) in [6.07, 6.45) is 4.62. The molecule has 4 N–H and O–H groups in total. The summed E-state index contributed by atoms with van der Waals surface area (Å²) in [5.41, 5.74) is -4.41. The van der Waals surface area contributed by atoms with E-state index in [2.05, 4.69) is 132 Å². The number of piperidine rings is 4.